The summed E-state index contributed by atoms with van der Waals surface area (Å²) in [5, 5.41) is 7.97. The molecule has 0 saturated carbocycles. The Labute approximate surface area is 157 Å². The number of fused-ring (bicyclic) bond motifs is 1. The Morgan fingerprint density at radius 2 is 1.88 bits per heavy atom. The van der Waals surface area contributed by atoms with Crippen LogP contribution in [-0.4, -0.2) is 23.1 Å². The van der Waals surface area contributed by atoms with Gasteiger partial charge in [-0.05, 0) is 51.0 Å². The van der Waals surface area contributed by atoms with Crippen molar-refractivity contribution in [2.45, 2.75) is 33.7 Å². The van der Waals surface area contributed by atoms with Crippen molar-refractivity contribution in [1.29, 1.82) is 0 Å². The second-order valence-electron chi connectivity index (χ2n) is 6.40. The van der Waals surface area contributed by atoms with E-state index >= 15 is 0 Å². The summed E-state index contributed by atoms with van der Waals surface area (Å²) in [4.78, 5) is 16.7. The third kappa shape index (κ3) is 4.08. The van der Waals surface area contributed by atoms with E-state index in [2.05, 4.69) is 39.9 Å². The molecule has 3 aromatic rings. The molecule has 0 aliphatic heterocycles. The lowest BCUT2D eigenvalue weighted by Crippen LogP contribution is -2.34. The smallest absolute Gasteiger partial charge is 0.262 e. The summed E-state index contributed by atoms with van der Waals surface area (Å²) in [7, 11) is 0. The van der Waals surface area contributed by atoms with Gasteiger partial charge in [0.05, 0.1) is 16.4 Å². The van der Waals surface area contributed by atoms with E-state index in [0.717, 1.165) is 32.0 Å². The number of carbonyl (C=O) groups excluding carboxylic acids is 1. The first-order valence-electron chi connectivity index (χ1n) is 8.47. The summed E-state index contributed by atoms with van der Waals surface area (Å²) in [6.45, 7) is 7.94. The van der Waals surface area contributed by atoms with Crippen LogP contribution in [0.4, 0.5) is 5.13 Å². The highest BCUT2D eigenvalue weighted by Gasteiger charge is 2.14. The number of thiazole rings is 1. The third-order valence-electron chi connectivity index (χ3n) is 4.13. The molecule has 3 rings (SSSR count). The van der Waals surface area contributed by atoms with Crippen molar-refractivity contribution in [2.75, 3.05) is 5.32 Å². The average molecular weight is 366 g/mol. The van der Waals surface area contributed by atoms with E-state index in [1.807, 2.05) is 38.1 Å². The number of para-hydroxylation sites is 1. The highest BCUT2D eigenvalue weighted by Crippen LogP contribution is 2.25. The summed E-state index contributed by atoms with van der Waals surface area (Å²) in [5.74, 6) is -0.206. The van der Waals surface area contributed by atoms with Crippen molar-refractivity contribution in [2.24, 2.45) is 5.10 Å². The molecule has 1 amide bonds. The summed E-state index contributed by atoms with van der Waals surface area (Å²) < 4.78 is 1.09. The highest BCUT2D eigenvalue weighted by molar-refractivity contribution is 7.22. The number of hydrogen-bond donors (Lipinski definition) is 2. The quantitative estimate of drug-likeness (QED) is 0.526. The number of nitrogens with one attached hydrogen (secondary N) is 2. The fourth-order valence-electron chi connectivity index (χ4n) is 2.84. The highest BCUT2D eigenvalue weighted by atomic mass is 32.1. The maximum absolute atomic E-state index is 12.3. The second kappa shape index (κ2) is 7.66. The second-order valence-corrected chi connectivity index (χ2v) is 7.43. The zero-order chi connectivity index (χ0) is 18.7. The molecule has 0 unspecified atom stereocenters. The van der Waals surface area contributed by atoms with Crippen molar-refractivity contribution < 1.29 is 4.79 Å². The molecule has 5 nitrogen and oxygen atoms in total. The van der Waals surface area contributed by atoms with Crippen LogP contribution in [0.25, 0.3) is 10.2 Å². The molecule has 0 saturated heterocycles. The van der Waals surface area contributed by atoms with Gasteiger partial charge in [-0.2, -0.15) is 5.10 Å². The van der Waals surface area contributed by atoms with Gasteiger partial charge in [-0.1, -0.05) is 41.2 Å². The normalized spacial score (nSPS) is 12.5. The molecule has 1 heterocycles. The average Bonchev–Trinajstić information content (AvgIpc) is 2.99. The molecule has 0 aliphatic rings. The van der Waals surface area contributed by atoms with E-state index in [0.29, 0.717) is 0 Å². The minimum atomic E-state index is -0.437. The molecule has 1 atom stereocenters. The summed E-state index contributed by atoms with van der Waals surface area (Å²) in [6, 6.07) is 11.7. The van der Waals surface area contributed by atoms with Gasteiger partial charge in [-0.3, -0.25) is 4.79 Å². The molecule has 134 valence electrons. The lowest BCUT2D eigenvalue weighted by Gasteiger charge is -2.11. The Morgan fingerprint density at radius 3 is 2.58 bits per heavy atom. The Hall–Kier alpha value is -2.73. The van der Waals surface area contributed by atoms with Gasteiger partial charge < -0.3 is 5.32 Å². The summed E-state index contributed by atoms with van der Waals surface area (Å²) >= 11 is 1.53. The maximum Gasteiger partial charge on any atom is 0.262 e. The Bertz CT molecular complexity index is 921. The molecule has 1 aromatic heterocycles. The Kier molecular flexibility index (Phi) is 5.32. The van der Waals surface area contributed by atoms with Crippen LogP contribution in [0.3, 0.4) is 0 Å². The molecule has 2 aromatic carbocycles. The van der Waals surface area contributed by atoms with E-state index in [-0.39, 0.29) is 5.91 Å². The topological polar surface area (TPSA) is 66.4 Å². The first kappa shape index (κ1) is 18.1. The van der Waals surface area contributed by atoms with Crippen molar-refractivity contribution in [3.05, 3.63) is 58.7 Å². The van der Waals surface area contributed by atoms with Crippen LogP contribution in [0.15, 0.2) is 41.5 Å². The monoisotopic (exact) mass is 366 g/mol. The van der Waals surface area contributed by atoms with Crippen molar-refractivity contribution in [1.82, 2.24) is 10.4 Å². The molecule has 0 bridgehead atoms. The van der Waals surface area contributed by atoms with Gasteiger partial charge in [-0.25, -0.2) is 10.4 Å². The van der Waals surface area contributed by atoms with Gasteiger partial charge in [0.15, 0.2) is 5.13 Å². The summed E-state index contributed by atoms with van der Waals surface area (Å²) in [5.41, 5.74) is 8.05. The predicted octanol–water partition coefficient (Wildman–Crippen LogP) is 4.17. The molecule has 0 aliphatic carbocycles. The standard InChI is InChI=1S/C20H22N4OS/c1-12-9-13(2)16(14(3)10-12)11-21-24-19(25)15(4)22-20-23-17-7-5-6-8-18(17)26-20/h5-11,15H,1-4H3,(H,22,23)(H,24,25)/b21-11-/t15-/m0/s1. The van der Waals surface area contributed by atoms with Crippen LogP contribution in [0.5, 0.6) is 0 Å². The van der Waals surface area contributed by atoms with Crippen LogP contribution < -0.4 is 10.7 Å². The molecule has 0 spiro atoms. The maximum atomic E-state index is 12.3. The van der Waals surface area contributed by atoms with E-state index < -0.39 is 6.04 Å². The van der Waals surface area contributed by atoms with Crippen LogP contribution in [0.2, 0.25) is 0 Å². The van der Waals surface area contributed by atoms with E-state index in [9.17, 15) is 4.79 Å². The van der Waals surface area contributed by atoms with Gasteiger partial charge in [0.25, 0.3) is 5.91 Å². The number of rotatable bonds is 5. The first-order chi connectivity index (χ1) is 12.4. The van der Waals surface area contributed by atoms with Crippen LogP contribution in [0, 0.1) is 20.8 Å². The molecule has 2 N–H and O–H groups in total. The molecule has 0 fully saturated rings. The first-order valence-corrected chi connectivity index (χ1v) is 9.28. The number of amides is 1. The van der Waals surface area contributed by atoms with Crippen LogP contribution in [0.1, 0.15) is 29.2 Å². The number of hydrazone groups is 1. The molecular weight excluding hydrogens is 344 g/mol. The van der Waals surface area contributed by atoms with Crippen molar-refractivity contribution in [3.63, 3.8) is 0 Å². The zero-order valence-corrected chi connectivity index (χ0v) is 16.1. The molecule has 6 heteroatoms. The zero-order valence-electron chi connectivity index (χ0n) is 15.3. The number of aryl methyl sites for hydroxylation is 3. The predicted molar refractivity (Wildman–Crippen MR) is 109 cm³/mol. The lowest BCUT2D eigenvalue weighted by atomic mass is 10.0. The van der Waals surface area contributed by atoms with Gasteiger partial charge in [0.2, 0.25) is 0 Å². The third-order valence-corrected chi connectivity index (χ3v) is 5.10. The number of aromatic nitrogens is 1. The number of carbonyl (C=O) groups is 1. The fourth-order valence-corrected chi connectivity index (χ4v) is 3.79. The van der Waals surface area contributed by atoms with Crippen LogP contribution in [-0.2, 0) is 4.79 Å². The van der Waals surface area contributed by atoms with Crippen LogP contribution >= 0.6 is 11.3 Å². The van der Waals surface area contributed by atoms with Gasteiger partial charge in [0.1, 0.15) is 6.04 Å². The Morgan fingerprint density at radius 1 is 1.19 bits per heavy atom. The summed E-state index contributed by atoms with van der Waals surface area (Å²) in [6.07, 6.45) is 1.70. The lowest BCUT2D eigenvalue weighted by molar-refractivity contribution is -0.121. The molecule has 26 heavy (non-hydrogen) atoms. The molecule has 0 radical (unpaired) electrons. The van der Waals surface area contributed by atoms with Crippen molar-refractivity contribution >= 4 is 38.8 Å². The number of nitrogens with zero attached hydrogens (tertiary/aromatic N) is 2. The fraction of sp³-hybridized carbons (Fsp3) is 0.250. The van der Waals surface area contributed by atoms with E-state index in [1.54, 1.807) is 13.1 Å². The van der Waals surface area contributed by atoms with Gasteiger partial charge in [0, 0.05) is 5.56 Å². The van der Waals surface area contributed by atoms with Crippen molar-refractivity contribution in [3.8, 4) is 0 Å². The largest absolute Gasteiger partial charge is 0.350 e. The van der Waals surface area contributed by atoms with E-state index in [4.69, 9.17) is 0 Å². The minimum Gasteiger partial charge on any atom is -0.350 e. The number of benzene rings is 2. The number of anilines is 1. The minimum absolute atomic E-state index is 0.206. The number of hydrogen-bond acceptors (Lipinski definition) is 5. The SMILES string of the molecule is Cc1cc(C)c(/C=N\NC(=O)[C@H](C)Nc2nc3ccccc3s2)c(C)c1. The van der Waals surface area contributed by atoms with E-state index in [1.165, 1.54) is 16.9 Å². The molecular formula is C20H22N4OS. The van der Waals surface area contributed by atoms with Gasteiger partial charge in [-0.15, -0.1) is 0 Å². The Balaban J connectivity index is 1.62. The van der Waals surface area contributed by atoms with Gasteiger partial charge >= 0.3 is 0 Å².